The van der Waals surface area contributed by atoms with Gasteiger partial charge in [0.1, 0.15) is 0 Å². The summed E-state index contributed by atoms with van der Waals surface area (Å²) >= 11 is 5.17. The topological polar surface area (TPSA) is 26.0 Å². The predicted molar refractivity (Wildman–Crippen MR) is 65.6 cm³/mol. The molecule has 0 aliphatic carbocycles. The summed E-state index contributed by atoms with van der Waals surface area (Å²) in [5.74, 6) is 0. The molecule has 1 heterocycles. The zero-order valence-corrected chi connectivity index (χ0v) is 10.4. The molecule has 2 N–H and O–H groups in total. The van der Waals surface area contributed by atoms with Gasteiger partial charge in [0.05, 0.1) is 0 Å². The van der Waals surface area contributed by atoms with Gasteiger partial charge >= 0.3 is 0 Å². The van der Waals surface area contributed by atoms with Crippen molar-refractivity contribution in [2.24, 2.45) is 5.73 Å². The van der Waals surface area contributed by atoms with Gasteiger partial charge in [0, 0.05) is 15.4 Å². The van der Waals surface area contributed by atoms with Crippen LogP contribution in [0.1, 0.15) is 23.8 Å². The smallest absolute Gasteiger partial charge is 0.0404 e. The molecule has 0 bridgehead atoms. The maximum atomic E-state index is 5.96. The summed E-state index contributed by atoms with van der Waals surface area (Å²) in [7, 11) is 0. The Balaban J connectivity index is 0.00000144. The fourth-order valence-corrected chi connectivity index (χ4v) is 2.70. The third kappa shape index (κ3) is 3.81. The van der Waals surface area contributed by atoms with Gasteiger partial charge in [-0.05, 0) is 40.2 Å². The fourth-order valence-electron chi connectivity index (χ4n) is 0.998. The molecule has 0 aliphatic rings. The fraction of sp³-hybridized carbons (Fsp3) is 0.333. The minimum Gasteiger partial charge on any atom is -0.323 e. The van der Waals surface area contributed by atoms with Crippen LogP contribution in [0.15, 0.2) is 28.6 Å². The van der Waals surface area contributed by atoms with Crippen molar-refractivity contribution in [3.8, 4) is 0 Å². The van der Waals surface area contributed by atoms with Crippen LogP contribution in [0.2, 0.25) is 0 Å². The van der Waals surface area contributed by atoms with Gasteiger partial charge in [-0.3, -0.25) is 0 Å². The number of thiophene rings is 1. The Morgan fingerprint density at radius 1 is 1.69 bits per heavy atom. The first-order chi connectivity index (χ1) is 5.75. The van der Waals surface area contributed by atoms with E-state index in [1.54, 1.807) is 11.3 Å². The van der Waals surface area contributed by atoms with Crippen molar-refractivity contribution in [1.29, 1.82) is 0 Å². The van der Waals surface area contributed by atoms with Gasteiger partial charge in [-0.1, -0.05) is 6.08 Å². The van der Waals surface area contributed by atoms with Crippen LogP contribution in [0.25, 0.3) is 0 Å². The van der Waals surface area contributed by atoms with Crippen molar-refractivity contribution in [2.75, 3.05) is 0 Å². The molecule has 0 aliphatic heterocycles. The van der Waals surface area contributed by atoms with Crippen molar-refractivity contribution >= 4 is 39.7 Å². The molecule has 13 heavy (non-hydrogen) atoms. The zero-order chi connectivity index (χ0) is 8.97. The molecular weight excluding hydrogens is 270 g/mol. The third-order valence-corrected chi connectivity index (χ3v) is 3.67. The Kier molecular flexibility index (Phi) is 6.68. The van der Waals surface area contributed by atoms with Gasteiger partial charge in [-0.15, -0.1) is 30.3 Å². The average molecular weight is 283 g/mol. The van der Waals surface area contributed by atoms with Gasteiger partial charge in [0.2, 0.25) is 0 Å². The highest BCUT2D eigenvalue weighted by molar-refractivity contribution is 9.10. The summed E-state index contributed by atoms with van der Waals surface area (Å²) in [6, 6.07) is 2.19. The molecule has 0 unspecified atom stereocenters. The standard InChI is InChI=1S/C9H12BrNS.ClH/c1-2-3-4-8(11)9-7(10)5-6-12-9;/h2,5-6,8H,1,3-4,11H2;1H/t8-;/m0./s1. The summed E-state index contributed by atoms with van der Waals surface area (Å²) in [5.41, 5.74) is 5.96. The van der Waals surface area contributed by atoms with E-state index >= 15 is 0 Å². The van der Waals surface area contributed by atoms with Crippen LogP contribution in [0.5, 0.6) is 0 Å². The summed E-state index contributed by atoms with van der Waals surface area (Å²) < 4.78 is 1.13. The minimum atomic E-state index is 0. The van der Waals surface area contributed by atoms with E-state index in [4.69, 9.17) is 5.73 Å². The lowest BCUT2D eigenvalue weighted by Crippen LogP contribution is -2.08. The minimum absolute atomic E-state index is 0. The van der Waals surface area contributed by atoms with Crippen molar-refractivity contribution in [3.05, 3.63) is 33.5 Å². The van der Waals surface area contributed by atoms with Crippen LogP contribution >= 0.6 is 39.7 Å². The molecule has 0 fully saturated rings. The number of halogens is 2. The molecule has 1 rings (SSSR count). The van der Waals surface area contributed by atoms with Crippen LogP contribution in [-0.2, 0) is 0 Å². The maximum absolute atomic E-state index is 5.96. The SMILES string of the molecule is C=CCC[C@H](N)c1sccc1Br.Cl. The van der Waals surface area contributed by atoms with E-state index in [0.29, 0.717) is 0 Å². The number of hydrogen-bond donors (Lipinski definition) is 1. The van der Waals surface area contributed by atoms with E-state index in [1.165, 1.54) is 4.88 Å². The summed E-state index contributed by atoms with van der Waals surface area (Å²) in [4.78, 5) is 1.23. The maximum Gasteiger partial charge on any atom is 0.0404 e. The van der Waals surface area contributed by atoms with Crippen molar-refractivity contribution < 1.29 is 0 Å². The Hall–Kier alpha value is 0.170. The van der Waals surface area contributed by atoms with E-state index in [2.05, 4.69) is 22.5 Å². The van der Waals surface area contributed by atoms with Crippen LogP contribution in [-0.4, -0.2) is 0 Å². The second-order valence-electron chi connectivity index (χ2n) is 2.61. The molecule has 0 saturated carbocycles. The first-order valence-electron chi connectivity index (χ1n) is 3.85. The number of rotatable bonds is 4. The molecule has 1 atom stereocenters. The van der Waals surface area contributed by atoms with E-state index in [-0.39, 0.29) is 18.4 Å². The molecule has 0 saturated heterocycles. The monoisotopic (exact) mass is 281 g/mol. The van der Waals surface area contributed by atoms with E-state index in [1.807, 2.05) is 17.5 Å². The molecule has 1 nitrogen and oxygen atoms in total. The molecule has 0 amide bonds. The Labute approximate surface area is 97.6 Å². The number of allylic oxidation sites excluding steroid dienone is 1. The first-order valence-corrected chi connectivity index (χ1v) is 5.52. The van der Waals surface area contributed by atoms with Crippen LogP contribution in [0, 0.1) is 0 Å². The molecule has 1 aromatic heterocycles. The van der Waals surface area contributed by atoms with Gasteiger partial charge in [0.15, 0.2) is 0 Å². The average Bonchev–Trinajstić information content (AvgIpc) is 2.47. The highest BCUT2D eigenvalue weighted by Gasteiger charge is 2.09. The normalized spacial score (nSPS) is 11.8. The zero-order valence-electron chi connectivity index (χ0n) is 7.20. The molecule has 74 valence electrons. The molecule has 0 aromatic carbocycles. The lowest BCUT2D eigenvalue weighted by atomic mass is 10.1. The van der Waals surface area contributed by atoms with E-state index in [9.17, 15) is 0 Å². The van der Waals surface area contributed by atoms with Crippen molar-refractivity contribution in [3.63, 3.8) is 0 Å². The molecular formula is C9H13BrClNS. The summed E-state index contributed by atoms with van der Waals surface area (Å²) in [6.45, 7) is 3.67. The molecule has 0 spiro atoms. The van der Waals surface area contributed by atoms with Crippen LogP contribution < -0.4 is 5.73 Å². The van der Waals surface area contributed by atoms with Crippen LogP contribution in [0.3, 0.4) is 0 Å². The van der Waals surface area contributed by atoms with Crippen molar-refractivity contribution in [2.45, 2.75) is 18.9 Å². The Morgan fingerprint density at radius 3 is 2.85 bits per heavy atom. The van der Waals surface area contributed by atoms with E-state index in [0.717, 1.165) is 17.3 Å². The lowest BCUT2D eigenvalue weighted by molar-refractivity contribution is 0.670. The number of nitrogens with two attached hydrogens (primary N) is 1. The largest absolute Gasteiger partial charge is 0.323 e. The molecule has 0 radical (unpaired) electrons. The van der Waals surface area contributed by atoms with Gasteiger partial charge in [-0.25, -0.2) is 0 Å². The van der Waals surface area contributed by atoms with Crippen LogP contribution in [0.4, 0.5) is 0 Å². The second-order valence-corrected chi connectivity index (χ2v) is 4.41. The van der Waals surface area contributed by atoms with Crippen molar-refractivity contribution in [1.82, 2.24) is 0 Å². The van der Waals surface area contributed by atoms with Gasteiger partial charge < -0.3 is 5.73 Å². The summed E-state index contributed by atoms with van der Waals surface area (Å²) in [6.07, 6.45) is 3.86. The number of hydrogen-bond acceptors (Lipinski definition) is 2. The van der Waals surface area contributed by atoms with Gasteiger partial charge in [-0.2, -0.15) is 0 Å². The Morgan fingerprint density at radius 2 is 2.38 bits per heavy atom. The lowest BCUT2D eigenvalue weighted by Gasteiger charge is -2.07. The Bertz CT molecular complexity index is 262. The highest BCUT2D eigenvalue weighted by atomic mass is 79.9. The van der Waals surface area contributed by atoms with Gasteiger partial charge in [0.25, 0.3) is 0 Å². The summed E-state index contributed by atoms with van der Waals surface area (Å²) in [5, 5.41) is 2.05. The highest BCUT2D eigenvalue weighted by Crippen LogP contribution is 2.29. The molecule has 4 heteroatoms. The molecule has 1 aromatic rings. The quantitative estimate of drug-likeness (QED) is 0.833. The predicted octanol–water partition coefficient (Wildman–Crippen LogP) is 3.90. The van der Waals surface area contributed by atoms with E-state index < -0.39 is 0 Å². The third-order valence-electron chi connectivity index (χ3n) is 1.66. The first kappa shape index (κ1) is 13.2. The second kappa shape index (κ2) is 6.60.